The lowest BCUT2D eigenvalue weighted by atomic mass is 9.85. The minimum Gasteiger partial charge on any atom is -0.478 e. The van der Waals surface area contributed by atoms with E-state index >= 15 is 0 Å². The molecule has 1 unspecified atom stereocenters. The highest BCUT2D eigenvalue weighted by molar-refractivity contribution is 6.30. The summed E-state index contributed by atoms with van der Waals surface area (Å²) < 4.78 is 96.0. The molecule has 0 saturated heterocycles. The predicted octanol–water partition coefficient (Wildman–Crippen LogP) is 6.09. The highest BCUT2D eigenvalue weighted by Crippen LogP contribution is 2.51. The normalized spacial score (nSPS) is 19.2. The standard InChI is InChI=1S/C19H11ClF7NO3/c1-8-4-9(2-3-11(8)16(29)30)14-7-17(31-28-14,19(25,26)27)12-5-10(20)6-13(15(12)21)18(22,23)24/h2-6H,7H2,1H3,(H,29,30). The van der Waals surface area contributed by atoms with Gasteiger partial charge in [-0.25, -0.2) is 9.18 Å². The molecule has 0 aliphatic carbocycles. The van der Waals surface area contributed by atoms with Crippen molar-refractivity contribution in [1.82, 2.24) is 0 Å². The van der Waals surface area contributed by atoms with Gasteiger partial charge in [0.1, 0.15) is 5.82 Å². The summed E-state index contributed by atoms with van der Waals surface area (Å²) in [5, 5.41) is 11.6. The van der Waals surface area contributed by atoms with E-state index in [2.05, 4.69) is 9.99 Å². The third kappa shape index (κ3) is 3.93. The summed E-state index contributed by atoms with van der Waals surface area (Å²) in [4.78, 5) is 15.7. The maximum absolute atomic E-state index is 14.6. The van der Waals surface area contributed by atoms with Gasteiger partial charge in [0, 0.05) is 10.6 Å². The van der Waals surface area contributed by atoms with Crippen LogP contribution in [0.5, 0.6) is 0 Å². The van der Waals surface area contributed by atoms with Crippen LogP contribution < -0.4 is 0 Å². The van der Waals surface area contributed by atoms with E-state index in [-0.39, 0.29) is 28.5 Å². The number of oxime groups is 1. The van der Waals surface area contributed by atoms with E-state index < -0.39 is 52.3 Å². The topological polar surface area (TPSA) is 58.9 Å². The Bertz CT molecular complexity index is 1100. The van der Waals surface area contributed by atoms with Crippen LogP contribution in [-0.2, 0) is 16.6 Å². The number of carboxylic acids is 1. The molecule has 0 spiro atoms. The average molecular weight is 470 g/mol. The van der Waals surface area contributed by atoms with Gasteiger partial charge in [0.15, 0.2) is 0 Å². The molecule has 0 aromatic heterocycles. The fraction of sp³-hybridized carbons (Fsp3) is 0.263. The van der Waals surface area contributed by atoms with Crippen molar-refractivity contribution in [2.75, 3.05) is 0 Å². The van der Waals surface area contributed by atoms with Gasteiger partial charge in [-0.05, 0) is 42.3 Å². The van der Waals surface area contributed by atoms with Crippen LogP contribution >= 0.6 is 11.6 Å². The molecule has 166 valence electrons. The second-order valence-electron chi connectivity index (χ2n) is 6.78. The van der Waals surface area contributed by atoms with E-state index in [0.717, 1.165) is 6.07 Å². The van der Waals surface area contributed by atoms with E-state index in [1.165, 1.54) is 19.1 Å². The molecule has 1 aliphatic heterocycles. The summed E-state index contributed by atoms with van der Waals surface area (Å²) in [5.74, 6) is -3.44. The van der Waals surface area contributed by atoms with Crippen molar-refractivity contribution in [3.05, 3.63) is 69.0 Å². The Morgan fingerprint density at radius 2 is 1.81 bits per heavy atom. The number of alkyl halides is 6. The number of halogens is 8. The highest BCUT2D eigenvalue weighted by atomic mass is 35.5. The molecule has 0 amide bonds. The molecule has 3 rings (SSSR count). The second-order valence-corrected chi connectivity index (χ2v) is 7.21. The van der Waals surface area contributed by atoms with Crippen LogP contribution in [0, 0.1) is 12.7 Å². The van der Waals surface area contributed by atoms with Crippen LogP contribution in [0.15, 0.2) is 35.5 Å². The van der Waals surface area contributed by atoms with Gasteiger partial charge < -0.3 is 9.94 Å². The van der Waals surface area contributed by atoms with Crippen molar-refractivity contribution in [3.63, 3.8) is 0 Å². The number of carbonyl (C=O) groups is 1. The van der Waals surface area contributed by atoms with E-state index in [4.69, 9.17) is 16.7 Å². The van der Waals surface area contributed by atoms with E-state index in [1.54, 1.807) is 0 Å². The SMILES string of the molecule is Cc1cc(C2=NOC(c3cc(Cl)cc(C(F)(F)F)c3F)(C(F)(F)F)C2)ccc1C(=O)O. The van der Waals surface area contributed by atoms with Gasteiger partial charge in [0.05, 0.1) is 23.3 Å². The largest absolute Gasteiger partial charge is 0.478 e. The molecule has 1 aliphatic rings. The average Bonchev–Trinajstić information content (AvgIpc) is 3.08. The lowest BCUT2D eigenvalue weighted by Crippen LogP contribution is -2.43. The van der Waals surface area contributed by atoms with E-state index in [9.17, 15) is 35.5 Å². The number of carboxylic acid groups (broad SMARTS) is 1. The smallest absolute Gasteiger partial charge is 0.435 e. The van der Waals surface area contributed by atoms with Crippen LogP contribution in [0.4, 0.5) is 30.7 Å². The van der Waals surface area contributed by atoms with Crippen molar-refractivity contribution in [1.29, 1.82) is 0 Å². The van der Waals surface area contributed by atoms with Gasteiger partial charge >= 0.3 is 18.3 Å². The Kier molecular flexibility index (Phi) is 5.45. The van der Waals surface area contributed by atoms with Crippen LogP contribution in [0.25, 0.3) is 0 Å². The van der Waals surface area contributed by atoms with Crippen molar-refractivity contribution < 1.29 is 45.5 Å². The zero-order chi connectivity index (χ0) is 23.4. The zero-order valence-electron chi connectivity index (χ0n) is 15.3. The van der Waals surface area contributed by atoms with Crippen LogP contribution in [0.1, 0.15) is 39.0 Å². The molecule has 12 heteroatoms. The molecular formula is C19H11ClF7NO3. The van der Waals surface area contributed by atoms with Gasteiger partial charge in [0.25, 0.3) is 5.60 Å². The van der Waals surface area contributed by atoms with Crippen molar-refractivity contribution in [2.45, 2.75) is 31.3 Å². The lowest BCUT2D eigenvalue weighted by Gasteiger charge is -2.30. The fourth-order valence-corrected chi connectivity index (χ4v) is 3.43. The predicted molar refractivity (Wildman–Crippen MR) is 94.5 cm³/mol. The van der Waals surface area contributed by atoms with Gasteiger partial charge in [-0.1, -0.05) is 22.8 Å². The van der Waals surface area contributed by atoms with E-state index in [1.807, 2.05) is 0 Å². The Morgan fingerprint density at radius 1 is 1.16 bits per heavy atom. The molecule has 0 saturated carbocycles. The van der Waals surface area contributed by atoms with Crippen LogP contribution in [0.2, 0.25) is 5.02 Å². The molecule has 1 atom stereocenters. The number of hydrogen-bond donors (Lipinski definition) is 1. The molecule has 4 nitrogen and oxygen atoms in total. The summed E-state index contributed by atoms with van der Waals surface area (Å²) in [7, 11) is 0. The van der Waals surface area contributed by atoms with E-state index in [0.29, 0.717) is 6.07 Å². The second kappa shape index (κ2) is 7.40. The van der Waals surface area contributed by atoms with Crippen LogP contribution in [-0.4, -0.2) is 23.0 Å². The number of nitrogens with zero attached hydrogens (tertiary/aromatic N) is 1. The quantitative estimate of drug-likeness (QED) is 0.554. The molecule has 0 bridgehead atoms. The number of hydrogen-bond acceptors (Lipinski definition) is 3. The van der Waals surface area contributed by atoms with Crippen molar-refractivity contribution in [3.8, 4) is 0 Å². The zero-order valence-corrected chi connectivity index (χ0v) is 16.1. The minimum atomic E-state index is -5.37. The first kappa shape index (κ1) is 22.9. The summed E-state index contributed by atoms with van der Waals surface area (Å²) in [6.45, 7) is 1.40. The van der Waals surface area contributed by atoms with Gasteiger partial charge in [-0.15, -0.1) is 0 Å². The molecule has 1 heterocycles. The number of aromatic carboxylic acids is 1. The first-order valence-electron chi connectivity index (χ1n) is 8.40. The first-order valence-corrected chi connectivity index (χ1v) is 8.78. The third-order valence-electron chi connectivity index (χ3n) is 4.75. The molecular weight excluding hydrogens is 459 g/mol. The third-order valence-corrected chi connectivity index (χ3v) is 4.97. The number of rotatable bonds is 3. The summed E-state index contributed by atoms with van der Waals surface area (Å²) >= 11 is 5.56. The van der Waals surface area contributed by atoms with Crippen molar-refractivity contribution in [2.24, 2.45) is 5.16 Å². The number of benzene rings is 2. The Labute approximate surface area is 174 Å². The number of aryl methyl sites for hydroxylation is 1. The summed E-state index contributed by atoms with van der Waals surface area (Å²) in [6, 6.07) is 4.12. The van der Waals surface area contributed by atoms with Gasteiger partial charge in [-0.2, -0.15) is 26.3 Å². The minimum absolute atomic E-state index is 0.0344. The summed E-state index contributed by atoms with van der Waals surface area (Å²) in [6.07, 6.45) is -11.8. The molecule has 0 fully saturated rings. The maximum atomic E-state index is 14.6. The Morgan fingerprint density at radius 3 is 2.32 bits per heavy atom. The van der Waals surface area contributed by atoms with Crippen molar-refractivity contribution >= 4 is 23.3 Å². The molecule has 2 aromatic carbocycles. The van der Waals surface area contributed by atoms with Gasteiger partial charge in [-0.3, -0.25) is 0 Å². The first-order chi connectivity index (χ1) is 14.2. The Balaban J connectivity index is 2.12. The maximum Gasteiger partial charge on any atom is 0.435 e. The lowest BCUT2D eigenvalue weighted by molar-refractivity contribution is -0.277. The molecule has 2 aromatic rings. The van der Waals surface area contributed by atoms with Gasteiger partial charge in [0.2, 0.25) is 0 Å². The molecule has 31 heavy (non-hydrogen) atoms. The summed E-state index contributed by atoms with van der Waals surface area (Å²) in [5.41, 5.74) is -7.23. The molecule has 0 radical (unpaired) electrons. The molecule has 1 N–H and O–H groups in total. The van der Waals surface area contributed by atoms with Crippen LogP contribution in [0.3, 0.4) is 0 Å². The monoisotopic (exact) mass is 469 g/mol. The fourth-order valence-electron chi connectivity index (χ4n) is 3.21. The Hall–Kier alpha value is -2.82. The highest BCUT2D eigenvalue weighted by Gasteiger charge is 2.64.